The van der Waals surface area contributed by atoms with Crippen LogP contribution in [0.4, 0.5) is 18.9 Å². The summed E-state index contributed by atoms with van der Waals surface area (Å²) in [5.74, 6) is 1.07. The summed E-state index contributed by atoms with van der Waals surface area (Å²) in [5, 5.41) is 0. The fourth-order valence-corrected chi connectivity index (χ4v) is 4.16. The first-order chi connectivity index (χ1) is 17.7. The molecule has 1 aliphatic heterocycles. The number of nitrogens with two attached hydrogens (primary N) is 1. The lowest BCUT2D eigenvalue weighted by atomic mass is 9.97. The van der Waals surface area contributed by atoms with Crippen molar-refractivity contribution in [3.05, 3.63) is 93.9 Å². The molecule has 10 heteroatoms. The van der Waals surface area contributed by atoms with Crippen molar-refractivity contribution in [2.24, 2.45) is 0 Å². The topological polar surface area (TPSA) is 88.6 Å². The van der Waals surface area contributed by atoms with Gasteiger partial charge in [0.25, 0.3) is 0 Å². The van der Waals surface area contributed by atoms with Crippen molar-refractivity contribution in [1.82, 2.24) is 9.55 Å². The van der Waals surface area contributed by atoms with Crippen LogP contribution < -0.4 is 25.6 Å². The molecule has 0 atom stereocenters. The number of halogens is 3. The molecular weight excluding hydrogens is 487 g/mol. The number of hydrogen-bond acceptors (Lipinski definition) is 6. The number of alkyl halides is 3. The molecule has 2 N–H and O–H groups in total. The van der Waals surface area contributed by atoms with Gasteiger partial charge in [-0.1, -0.05) is 12.1 Å². The first-order valence-corrected chi connectivity index (χ1v) is 11.4. The maximum absolute atomic E-state index is 13.0. The number of nitrogen functional groups attached to an aromatic ring is 1. The van der Waals surface area contributed by atoms with Crippen LogP contribution in [0.25, 0.3) is 11.3 Å². The number of anilines is 1. The van der Waals surface area contributed by atoms with Gasteiger partial charge in [-0.25, -0.2) is 4.79 Å². The van der Waals surface area contributed by atoms with E-state index >= 15 is 0 Å². The molecule has 0 fully saturated rings. The SMILES string of the molecule is COc1ccc2c(c1)CCn1c-2cc(OCc2ccc(N)c(Oc3cccc(C(F)(F)F)c3)c2)nc1=O. The van der Waals surface area contributed by atoms with Crippen molar-refractivity contribution in [1.29, 1.82) is 0 Å². The van der Waals surface area contributed by atoms with E-state index in [1.807, 2.05) is 18.2 Å². The number of aromatic nitrogens is 2. The normalized spacial score (nSPS) is 12.4. The lowest BCUT2D eigenvalue weighted by molar-refractivity contribution is -0.137. The van der Waals surface area contributed by atoms with Gasteiger partial charge in [-0.3, -0.25) is 4.57 Å². The van der Waals surface area contributed by atoms with Crippen LogP contribution in [0.5, 0.6) is 23.1 Å². The minimum atomic E-state index is -4.49. The zero-order valence-corrected chi connectivity index (χ0v) is 19.7. The van der Waals surface area contributed by atoms with Crippen molar-refractivity contribution in [2.75, 3.05) is 12.8 Å². The van der Waals surface area contributed by atoms with E-state index in [4.69, 9.17) is 19.9 Å². The Bertz CT molecular complexity index is 1530. The standard InChI is InChI=1S/C27H22F3N3O4/c1-35-19-6-7-21-17(12-19)9-10-33-23(21)14-25(32-26(33)34)36-15-16-5-8-22(31)24(11-16)37-20-4-2-3-18(13-20)27(28,29)30/h2-8,11-14H,9-10,15,31H2,1H3. The molecule has 2 heterocycles. The fraction of sp³-hybridized carbons (Fsp3) is 0.185. The number of hydrogen-bond donors (Lipinski definition) is 1. The third kappa shape index (κ3) is 5.09. The molecule has 1 aromatic heterocycles. The summed E-state index contributed by atoms with van der Waals surface area (Å²) >= 11 is 0. The number of rotatable bonds is 6. The third-order valence-corrected chi connectivity index (χ3v) is 6.03. The predicted octanol–water partition coefficient (Wildman–Crippen LogP) is 5.45. The van der Waals surface area contributed by atoms with Gasteiger partial charge in [0.15, 0.2) is 5.75 Å². The molecule has 1 aliphatic rings. The summed E-state index contributed by atoms with van der Waals surface area (Å²) in [6.45, 7) is 0.528. The van der Waals surface area contributed by atoms with Crippen molar-refractivity contribution in [3.63, 3.8) is 0 Å². The molecule has 0 radical (unpaired) electrons. The Morgan fingerprint density at radius 3 is 2.65 bits per heavy atom. The molecule has 0 saturated carbocycles. The minimum Gasteiger partial charge on any atom is -0.497 e. The van der Waals surface area contributed by atoms with Crippen molar-refractivity contribution in [3.8, 4) is 34.4 Å². The van der Waals surface area contributed by atoms with Gasteiger partial charge in [0, 0.05) is 18.2 Å². The highest BCUT2D eigenvalue weighted by Crippen LogP contribution is 2.35. The Kier molecular flexibility index (Phi) is 6.24. The molecule has 190 valence electrons. The molecular formula is C27H22F3N3O4. The van der Waals surface area contributed by atoms with E-state index in [2.05, 4.69) is 4.98 Å². The molecule has 0 saturated heterocycles. The smallest absolute Gasteiger partial charge is 0.416 e. The van der Waals surface area contributed by atoms with E-state index in [1.165, 1.54) is 12.1 Å². The summed E-state index contributed by atoms with van der Waals surface area (Å²) in [7, 11) is 1.60. The molecule has 37 heavy (non-hydrogen) atoms. The van der Waals surface area contributed by atoms with Crippen LogP contribution in [0.1, 0.15) is 16.7 Å². The van der Waals surface area contributed by atoms with Crippen LogP contribution in [0.3, 0.4) is 0 Å². The van der Waals surface area contributed by atoms with Gasteiger partial charge in [-0.05, 0) is 66.1 Å². The fourth-order valence-electron chi connectivity index (χ4n) is 4.16. The van der Waals surface area contributed by atoms with Gasteiger partial charge in [0.1, 0.15) is 18.1 Å². The Morgan fingerprint density at radius 1 is 1.03 bits per heavy atom. The first kappa shape index (κ1) is 24.2. The van der Waals surface area contributed by atoms with Gasteiger partial charge in [-0.2, -0.15) is 18.2 Å². The highest BCUT2D eigenvalue weighted by atomic mass is 19.4. The highest BCUT2D eigenvalue weighted by Gasteiger charge is 2.30. The van der Waals surface area contributed by atoms with Crippen molar-refractivity contribution >= 4 is 5.69 Å². The van der Waals surface area contributed by atoms with E-state index in [1.54, 1.807) is 35.9 Å². The molecule has 0 bridgehead atoms. The number of aryl methyl sites for hydroxylation is 1. The van der Waals surface area contributed by atoms with Crippen LogP contribution in [0.15, 0.2) is 71.5 Å². The quantitative estimate of drug-likeness (QED) is 0.348. The molecule has 7 nitrogen and oxygen atoms in total. The van der Waals surface area contributed by atoms with Gasteiger partial charge >= 0.3 is 11.9 Å². The van der Waals surface area contributed by atoms with Gasteiger partial charge in [-0.15, -0.1) is 0 Å². The van der Waals surface area contributed by atoms with Crippen molar-refractivity contribution in [2.45, 2.75) is 25.7 Å². The summed E-state index contributed by atoms with van der Waals surface area (Å²) in [5.41, 5.74) is 8.27. The van der Waals surface area contributed by atoms with Gasteiger partial charge < -0.3 is 19.9 Å². The van der Waals surface area contributed by atoms with E-state index < -0.39 is 17.4 Å². The Labute approximate surface area is 209 Å². The summed E-state index contributed by atoms with van der Waals surface area (Å²) in [4.78, 5) is 16.7. The Morgan fingerprint density at radius 2 is 1.86 bits per heavy atom. The molecule has 0 aliphatic carbocycles. The molecule has 0 spiro atoms. The van der Waals surface area contributed by atoms with Crippen LogP contribution in [-0.4, -0.2) is 16.7 Å². The largest absolute Gasteiger partial charge is 0.497 e. The van der Waals surface area contributed by atoms with Crippen LogP contribution in [-0.2, 0) is 25.7 Å². The second-order valence-electron chi connectivity index (χ2n) is 8.48. The number of nitrogens with zero attached hydrogens (tertiary/aromatic N) is 2. The maximum atomic E-state index is 13.0. The average molecular weight is 509 g/mol. The lowest BCUT2D eigenvalue weighted by Gasteiger charge is -2.22. The molecule has 5 rings (SSSR count). The van der Waals surface area contributed by atoms with E-state index in [0.29, 0.717) is 24.2 Å². The number of benzene rings is 3. The summed E-state index contributed by atoms with van der Waals surface area (Å²) in [6, 6.07) is 16.8. The average Bonchev–Trinajstić information content (AvgIpc) is 2.88. The van der Waals surface area contributed by atoms with Crippen LogP contribution in [0.2, 0.25) is 0 Å². The summed E-state index contributed by atoms with van der Waals surface area (Å²) in [6.07, 6.45) is -3.81. The van der Waals surface area contributed by atoms with E-state index in [9.17, 15) is 18.0 Å². The molecule has 0 unspecified atom stereocenters. The zero-order valence-electron chi connectivity index (χ0n) is 19.7. The second-order valence-corrected chi connectivity index (χ2v) is 8.48. The molecule has 0 amide bonds. The lowest BCUT2D eigenvalue weighted by Crippen LogP contribution is -2.28. The van der Waals surface area contributed by atoms with Crippen LogP contribution in [0, 0.1) is 0 Å². The second kappa shape index (κ2) is 9.53. The number of fused-ring (bicyclic) bond motifs is 3. The minimum absolute atomic E-state index is 0.000681. The van der Waals surface area contributed by atoms with E-state index in [-0.39, 0.29) is 29.7 Å². The monoisotopic (exact) mass is 509 g/mol. The number of methoxy groups -OCH3 is 1. The van der Waals surface area contributed by atoms with Crippen molar-refractivity contribution < 1.29 is 27.4 Å². The molecule has 3 aromatic carbocycles. The predicted molar refractivity (Wildman–Crippen MR) is 131 cm³/mol. The maximum Gasteiger partial charge on any atom is 0.416 e. The first-order valence-electron chi connectivity index (χ1n) is 11.4. The molecule has 4 aromatic rings. The summed E-state index contributed by atoms with van der Waals surface area (Å²) < 4.78 is 57.4. The third-order valence-electron chi connectivity index (χ3n) is 6.03. The number of ether oxygens (including phenoxy) is 3. The van der Waals surface area contributed by atoms with Crippen LogP contribution >= 0.6 is 0 Å². The van der Waals surface area contributed by atoms with E-state index in [0.717, 1.165) is 29.0 Å². The van der Waals surface area contributed by atoms with Gasteiger partial charge in [0.2, 0.25) is 5.88 Å². The highest BCUT2D eigenvalue weighted by molar-refractivity contribution is 5.67. The van der Waals surface area contributed by atoms with Gasteiger partial charge in [0.05, 0.1) is 24.1 Å². The Balaban J connectivity index is 1.36. The zero-order chi connectivity index (χ0) is 26.2. The Hall–Kier alpha value is -4.47.